The predicted octanol–water partition coefficient (Wildman–Crippen LogP) is 2.56. The molecule has 28 heavy (non-hydrogen) atoms. The van der Waals surface area contributed by atoms with Gasteiger partial charge in [-0.25, -0.2) is 4.79 Å². The lowest BCUT2D eigenvalue weighted by Gasteiger charge is -2.27. The molecule has 2 rings (SSSR count). The fourth-order valence-corrected chi connectivity index (χ4v) is 2.82. The molecule has 0 fully saturated rings. The molecule has 1 N–H and O–H groups in total. The number of amides is 1. The molecule has 0 saturated carbocycles. The molecule has 1 unspecified atom stereocenters. The summed E-state index contributed by atoms with van der Waals surface area (Å²) >= 11 is 0. The van der Waals surface area contributed by atoms with Gasteiger partial charge in [0.05, 0.1) is 0 Å². The Balaban J connectivity index is 1.77. The molecular formula is C19H25NO8. The van der Waals surface area contributed by atoms with Gasteiger partial charge >= 0.3 is 18.0 Å². The number of hydrogen-bond donors (Lipinski definition) is 1. The van der Waals surface area contributed by atoms with Gasteiger partial charge in [0.2, 0.25) is 13.6 Å². The molecular weight excluding hydrogens is 370 g/mol. The Labute approximate surface area is 163 Å². The fourth-order valence-electron chi connectivity index (χ4n) is 2.82. The van der Waals surface area contributed by atoms with Crippen LogP contribution in [0.25, 0.3) is 0 Å². The Morgan fingerprint density at radius 2 is 1.93 bits per heavy atom. The highest BCUT2D eigenvalue weighted by molar-refractivity contribution is 5.72. The second-order valence-electron chi connectivity index (χ2n) is 6.32. The maximum Gasteiger partial charge on any atom is 0.412 e. The molecule has 154 valence electrons. The molecule has 1 aliphatic heterocycles. The summed E-state index contributed by atoms with van der Waals surface area (Å²) in [5.41, 5.74) is 0.993. The quantitative estimate of drug-likeness (QED) is 0.475. The van der Waals surface area contributed by atoms with Crippen LogP contribution in [0.2, 0.25) is 0 Å². The first-order chi connectivity index (χ1) is 13.4. The van der Waals surface area contributed by atoms with E-state index in [1.165, 1.54) is 4.90 Å². The fraction of sp³-hybridized carbons (Fsp3) is 0.526. The van der Waals surface area contributed by atoms with E-state index in [0.717, 1.165) is 5.56 Å². The van der Waals surface area contributed by atoms with Crippen LogP contribution in [0.5, 0.6) is 11.5 Å². The van der Waals surface area contributed by atoms with Crippen molar-refractivity contribution in [3.8, 4) is 11.5 Å². The minimum atomic E-state index is -0.978. The Kier molecular flexibility index (Phi) is 7.91. The van der Waals surface area contributed by atoms with Crippen molar-refractivity contribution in [1.29, 1.82) is 0 Å². The average Bonchev–Trinajstić information content (AvgIpc) is 3.09. The van der Waals surface area contributed by atoms with Crippen molar-refractivity contribution in [3.05, 3.63) is 23.8 Å². The third kappa shape index (κ3) is 6.33. The van der Waals surface area contributed by atoms with E-state index in [4.69, 9.17) is 24.1 Å². The molecule has 1 atom stereocenters. The zero-order valence-corrected chi connectivity index (χ0v) is 16.0. The van der Waals surface area contributed by atoms with Crippen molar-refractivity contribution in [2.45, 2.75) is 45.6 Å². The minimum absolute atomic E-state index is 0.0398. The summed E-state index contributed by atoms with van der Waals surface area (Å²) in [7, 11) is 0. The first-order valence-corrected chi connectivity index (χ1v) is 9.10. The van der Waals surface area contributed by atoms with Crippen LogP contribution in [0.1, 0.15) is 38.7 Å². The van der Waals surface area contributed by atoms with E-state index in [1.54, 1.807) is 0 Å². The standard InChI is InChI=1S/C19H25NO8/c1-3-20(19(24)28-12-27-18(23)6-4-5-17(21)22)13(2)9-14-7-8-15-16(10-14)26-11-25-15/h7-8,10,13H,3-6,9,11-12H2,1-2H3,(H,21,22). The molecule has 0 radical (unpaired) electrons. The summed E-state index contributed by atoms with van der Waals surface area (Å²) in [6.07, 6.45) is 0.0243. The van der Waals surface area contributed by atoms with Crippen molar-refractivity contribution < 1.29 is 38.4 Å². The third-order valence-corrected chi connectivity index (χ3v) is 4.25. The van der Waals surface area contributed by atoms with E-state index in [9.17, 15) is 14.4 Å². The molecule has 1 aromatic rings. The number of hydrogen-bond acceptors (Lipinski definition) is 7. The van der Waals surface area contributed by atoms with E-state index in [-0.39, 0.29) is 32.1 Å². The summed E-state index contributed by atoms with van der Waals surface area (Å²) in [5.74, 6) is -0.196. The molecule has 0 aliphatic carbocycles. The topological polar surface area (TPSA) is 112 Å². The molecule has 1 aliphatic rings. The smallest absolute Gasteiger partial charge is 0.412 e. The van der Waals surface area contributed by atoms with E-state index >= 15 is 0 Å². The number of likely N-dealkylation sites (N-methyl/N-ethyl adjacent to an activating group) is 1. The van der Waals surface area contributed by atoms with E-state index in [1.807, 2.05) is 32.0 Å². The Morgan fingerprint density at radius 3 is 2.64 bits per heavy atom. The number of carboxylic acid groups (broad SMARTS) is 1. The highest BCUT2D eigenvalue weighted by atomic mass is 16.7. The summed E-state index contributed by atoms with van der Waals surface area (Å²) < 4.78 is 20.5. The van der Waals surface area contributed by atoms with Crippen molar-refractivity contribution in [2.75, 3.05) is 20.1 Å². The van der Waals surface area contributed by atoms with Crippen molar-refractivity contribution >= 4 is 18.0 Å². The first-order valence-electron chi connectivity index (χ1n) is 9.10. The molecule has 0 aromatic heterocycles. The first kappa shape index (κ1) is 21.3. The molecule has 1 heterocycles. The summed E-state index contributed by atoms with van der Waals surface area (Å²) in [4.78, 5) is 35.7. The van der Waals surface area contributed by atoms with Crippen LogP contribution in [-0.2, 0) is 25.5 Å². The van der Waals surface area contributed by atoms with Crippen molar-refractivity contribution in [3.63, 3.8) is 0 Å². The second-order valence-corrected chi connectivity index (χ2v) is 6.32. The van der Waals surface area contributed by atoms with Crippen molar-refractivity contribution in [1.82, 2.24) is 4.90 Å². The van der Waals surface area contributed by atoms with Crippen LogP contribution in [0.4, 0.5) is 4.79 Å². The van der Waals surface area contributed by atoms with Crippen LogP contribution in [0.3, 0.4) is 0 Å². The molecule has 1 aromatic carbocycles. The number of carbonyl (C=O) groups is 3. The van der Waals surface area contributed by atoms with Crippen LogP contribution < -0.4 is 9.47 Å². The van der Waals surface area contributed by atoms with Crippen LogP contribution in [0.15, 0.2) is 18.2 Å². The molecule has 0 bridgehead atoms. The second kappa shape index (κ2) is 10.4. The maximum atomic E-state index is 12.3. The Bertz CT molecular complexity index is 705. The van der Waals surface area contributed by atoms with E-state index < -0.39 is 24.8 Å². The van der Waals surface area contributed by atoms with Gasteiger partial charge in [0, 0.05) is 25.4 Å². The SMILES string of the molecule is CCN(C(=O)OCOC(=O)CCCC(=O)O)C(C)Cc1ccc2c(c1)OCO2. The van der Waals surface area contributed by atoms with Crippen molar-refractivity contribution in [2.24, 2.45) is 0 Å². The maximum absolute atomic E-state index is 12.3. The molecule has 0 spiro atoms. The lowest BCUT2D eigenvalue weighted by atomic mass is 10.1. The predicted molar refractivity (Wildman–Crippen MR) is 97.0 cm³/mol. The summed E-state index contributed by atoms with van der Waals surface area (Å²) in [5, 5.41) is 8.53. The Morgan fingerprint density at radius 1 is 1.18 bits per heavy atom. The lowest BCUT2D eigenvalue weighted by Crippen LogP contribution is -2.40. The normalized spacial score (nSPS) is 12.9. The van der Waals surface area contributed by atoms with Gasteiger partial charge in [-0.3, -0.25) is 9.59 Å². The van der Waals surface area contributed by atoms with Gasteiger partial charge in [0.15, 0.2) is 11.5 Å². The molecule has 9 heteroatoms. The molecule has 1 amide bonds. The van der Waals surface area contributed by atoms with Gasteiger partial charge in [-0.15, -0.1) is 0 Å². The lowest BCUT2D eigenvalue weighted by molar-refractivity contribution is -0.152. The minimum Gasteiger partial charge on any atom is -0.481 e. The number of aliphatic carboxylic acids is 1. The van der Waals surface area contributed by atoms with Gasteiger partial charge in [-0.2, -0.15) is 0 Å². The largest absolute Gasteiger partial charge is 0.481 e. The van der Waals surface area contributed by atoms with Gasteiger partial charge in [0.25, 0.3) is 0 Å². The van der Waals surface area contributed by atoms with Gasteiger partial charge < -0.3 is 29.0 Å². The van der Waals surface area contributed by atoms with Crippen LogP contribution in [-0.4, -0.2) is 54.2 Å². The Hall–Kier alpha value is -2.97. The number of fused-ring (bicyclic) bond motifs is 1. The number of rotatable bonds is 10. The van der Waals surface area contributed by atoms with Crippen LogP contribution >= 0.6 is 0 Å². The number of carboxylic acids is 1. The molecule has 0 saturated heterocycles. The zero-order valence-electron chi connectivity index (χ0n) is 16.0. The number of carbonyl (C=O) groups excluding carboxylic acids is 2. The van der Waals surface area contributed by atoms with E-state index in [2.05, 4.69) is 0 Å². The average molecular weight is 395 g/mol. The zero-order chi connectivity index (χ0) is 20.5. The monoisotopic (exact) mass is 395 g/mol. The number of benzene rings is 1. The highest BCUT2D eigenvalue weighted by Gasteiger charge is 2.22. The van der Waals surface area contributed by atoms with E-state index in [0.29, 0.717) is 24.5 Å². The van der Waals surface area contributed by atoms with Gasteiger partial charge in [-0.1, -0.05) is 6.07 Å². The number of nitrogens with zero attached hydrogens (tertiary/aromatic N) is 1. The van der Waals surface area contributed by atoms with Gasteiger partial charge in [-0.05, 0) is 44.4 Å². The molecule has 9 nitrogen and oxygen atoms in total. The highest BCUT2D eigenvalue weighted by Crippen LogP contribution is 2.33. The van der Waals surface area contributed by atoms with Gasteiger partial charge in [0.1, 0.15) is 0 Å². The van der Waals surface area contributed by atoms with Crippen LogP contribution in [0, 0.1) is 0 Å². The summed E-state index contributed by atoms with van der Waals surface area (Å²) in [6.45, 7) is 3.86. The number of ether oxygens (including phenoxy) is 4. The number of esters is 1. The summed E-state index contributed by atoms with van der Waals surface area (Å²) in [6, 6.07) is 5.49. The third-order valence-electron chi connectivity index (χ3n) is 4.25.